The molecule has 0 aliphatic heterocycles. The van der Waals surface area contributed by atoms with Crippen LogP contribution in [0.1, 0.15) is 17.7 Å². The number of benzene rings is 1. The van der Waals surface area contributed by atoms with Crippen LogP contribution in [0.5, 0.6) is 0 Å². The van der Waals surface area contributed by atoms with E-state index in [9.17, 15) is 4.39 Å². The molecule has 1 unspecified atom stereocenters. The highest BCUT2D eigenvalue weighted by molar-refractivity contribution is 9.10. The summed E-state index contributed by atoms with van der Waals surface area (Å²) < 4.78 is 15.0. The van der Waals surface area contributed by atoms with Gasteiger partial charge in [0, 0.05) is 21.6 Å². The maximum atomic E-state index is 14.1. The van der Waals surface area contributed by atoms with Crippen molar-refractivity contribution in [3.63, 3.8) is 0 Å². The number of aryl methyl sites for hydroxylation is 1. The molecule has 3 rings (SSSR count). The molecule has 0 radical (unpaired) electrons. The summed E-state index contributed by atoms with van der Waals surface area (Å²) in [5.41, 5.74) is 3.27. The van der Waals surface area contributed by atoms with Crippen LogP contribution in [0, 0.1) is 5.82 Å². The Morgan fingerprint density at radius 2 is 2.17 bits per heavy atom. The molecule has 0 amide bonds. The third-order valence-electron chi connectivity index (χ3n) is 3.94. The van der Waals surface area contributed by atoms with Crippen LogP contribution in [0.3, 0.4) is 0 Å². The lowest BCUT2D eigenvalue weighted by atomic mass is 9.91. The molecular formula is C14H16BrFN2. The molecule has 0 saturated heterocycles. The van der Waals surface area contributed by atoms with Crippen molar-refractivity contribution in [3.8, 4) is 0 Å². The first-order valence-corrected chi connectivity index (χ1v) is 7.01. The van der Waals surface area contributed by atoms with Crippen molar-refractivity contribution in [2.75, 3.05) is 14.1 Å². The summed E-state index contributed by atoms with van der Waals surface area (Å²) in [7, 11) is 4.19. The first-order chi connectivity index (χ1) is 8.58. The van der Waals surface area contributed by atoms with Crippen molar-refractivity contribution >= 4 is 26.8 Å². The van der Waals surface area contributed by atoms with E-state index >= 15 is 0 Å². The number of fused-ring (bicyclic) bond motifs is 3. The van der Waals surface area contributed by atoms with E-state index in [2.05, 4.69) is 39.9 Å². The molecule has 0 fully saturated rings. The number of nitrogens with one attached hydrogen (secondary N) is 1. The Balaban J connectivity index is 2.18. The fourth-order valence-corrected chi connectivity index (χ4v) is 3.30. The van der Waals surface area contributed by atoms with E-state index in [0.29, 0.717) is 6.04 Å². The van der Waals surface area contributed by atoms with Gasteiger partial charge in [-0.05, 0) is 67.0 Å². The molecule has 1 aromatic carbocycles. The number of likely N-dealkylation sites (N-methyl/N-ethyl adjacent to an activating group) is 1. The van der Waals surface area contributed by atoms with E-state index in [1.165, 1.54) is 5.69 Å². The number of nitrogens with zero attached hydrogens (tertiary/aromatic N) is 1. The maximum Gasteiger partial charge on any atom is 0.132 e. The van der Waals surface area contributed by atoms with Gasteiger partial charge in [-0.15, -0.1) is 0 Å². The van der Waals surface area contributed by atoms with Crippen molar-refractivity contribution in [1.82, 2.24) is 9.88 Å². The third-order valence-corrected chi connectivity index (χ3v) is 4.60. The van der Waals surface area contributed by atoms with E-state index in [1.807, 2.05) is 0 Å². The molecule has 4 heteroatoms. The number of H-pyrrole nitrogens is 1. The Hall–Kier alpha value is -0.870. The molecule has 2 nitrogen and oxygen atoms in total. The molecule has 1 aliphatic rings. The van der Waals surface area contributed by atoms with Gasteiger partial charge in [-0.25, -0.2) is 4.39 Å². The minimum Gasteiger partial charge on any atom is -0.357 e. The lowest BCUT2D eigenvalue weighted by Gasteiger charge is -2.28. The van der Waals surface area contributed by atoms with Crippen LogP contribution in [-0.2, 0) is 12.8 Å². The summed E-state index contributed by atoms with van der Waals surface area (Å²) in [5.74, 6) is -0.120. The fraction of sp³-hybridized carbons (Fsp3) is 0.429. The highest BCUT2D eigenvalue weighted by atomic mass is 79.9. The van der Waals surface area contributed by atoms with Crippen molar-refractivity contribution in [1.29, 1.82) is 0 Å². The number of hydrogen-bond acceptors (Lipinski definition) is 1. The standard InChI is InChI=1S/C14H16BrFN2/c1-18(2)8-3-6-12-9(7-8)13-11(16)5-4-10(15)14(13)17-12/h4-5,8,17H,3,6-7H2,1-2H3. The largest absolute Gasteiger partial charge is 0.357 e. The van der Waals surface area contributed by atoms with Crippen LogP contribution < -0.4 is 0 Å². The second-order valence-corrected chi connectivity index (χ2v) is 6.08. The topological polar surface area (TPSA) is 19.0 Å². The number of hydrogen-bond donors (Lipinski definition) is 1. The van der Waals surface area contributed by atoms with Crippen LogP contribution in [0.15, 0.2) is 16.6 Å². The lowest BCUT2D eigenvalue weighted by molar-refractivity contribution is 0.268. The lowest BCUT2D eigenvalue weighted by Crippen LogP contribution is -2.33. The highest BCUT2D eigenvalue weighted by Gasteiger charge is 2.25. The molecule has 1 N–H and O–H groups in total. The summed E-state index contributed by atoms with van der Waals surface area (Å²) in [6, 6.07) is 3.82. The minimum absolute atomic E-state index is 0.120. The van der Waals surface area contributed by atoms with E-state index in [1.54, 1.807) is 12.1 Å². The van der Waals surface area contributed by atoms with Gasteiger partial charge in [-0.1, -0.05) is 0 Å². The predicted molar refractivity (Wildman–Crippen MR) is 75.5 cm³/mol. The molecule has 18 heavy (non-hydrogen) atoms. The van der Waals surface area contributed by atoms with Gasteiger partial charge in [0.25, 0.3) is 0 Å². The van der Waals surface area contributed by atoms with E-state index in [4.69, 9.17) is 0 Å². The van der Waals surface area contributed by atoms with E-state index < -0.39 is 0 Å². The quantitative estimate of drug-likeness (QED) is 0.854. The summed E-state index contributed by atoms with van der Waals surface area (Å²) in [6.45, 7) is 0. The number of halogens is 2. The van der Waals surface area contributed by atoms with Crippen LogP contribution in [0.4, 0.5) is 4.39 Å². The summed E-state index contributed by atoms with van der Waals surface area (Å²) >= 11 is 3.49. The van der Waals surface area contributed by atoms with E-state index in [-0.39, 0.29) is 5.82 Å². The van der Waals surface area contributed by atoms with Gasteiger partial charge in [0.2, 0.25) is 0 Å². The van der Waals surface area contributed by atoms with E-state index in [0.717, 1.165) is 40.2 Å². The van der Waals surface area contributed by atoms with Crippen molar-refractivity contribution in [3.05, 3.63) is 33.7 Å². The normalized spacial score (nSPS) is 19.5. The smallest absolute Gasteiger partial charge is 0.132 e. The predicted octanol–water partition coefficient (Wildman–Crippen LogP) is 3.49. The molecule has 1 atom stereocenters. The Labute approximate surface area is 114 Å². The minimum atomic E-state index is -0.120. The molecule has 2 aromatic rings. The molecule has 1 heterocycles. The van der Waals surface area contributed by atoms with Gasteiger partial charge in [0.15, 0.2) is 0 Å². The summed E-state index contributed by atoms with van der Waals surface area (Å²) in [4.78, 5) is 5.61. The van der Waals surface area contributed by atoms with Gasteiger partial charge in [-0.2, -0.15) is 0 Å². The van der Waals surface area contributed by atoms with Crippen molar-refractivity contribution in [2.45, 2.75) is 25.3 Å². The summed E-state index contributed by atoms with van der Waals surface area (Å²) in [6.07, 6.45) is 3.06. The van der Waals surface area contributed by atoms with Gasteiger partial charge in [-0.3, -0.25) is 0 Å². The Kier molecular flexibility index (Phi) is 2.94. The second-order valence-electron chi connectivity index (χ2n) is 5.22. The summed E-state index contributed by atoms with van der Waals surface area (Å²) in [5, 5.41) is 0.769. The number of rotatable bonds is 1. The van der Waals surface area contributed by atoms with Crippen LogP contribution in [0.2, 0.25) is 0 Å². The van der Waals surface area contributed by atoms with Gasteiger partial charge in [0.1, 0.15) is 5.82 Å². The zero-order valence-corrected chi connectivity index (χ0v) is 12.1. The molecule has 1 aliphatic carbocycles. The van der Waals surface area contributed by atoms with Crippen LogP contribution in [0.25, 0.3) is 10.9 Å². The highest BCUT2D eigenvalue weighted by Crippen LogP contribution is 2.35. The molecule has 0 bridgehead atoms. The molecule has 1 aromatic heterocycles. The van der Waals surface area contributed by atoms with Gasteiger partial charge < -0.3 is 9.88 Å². The molecule has 96 valence electrons. The number of aromatic nitrogens is 1. The molecule has 0 saturated carbocycles. The van der Waals surface area contributed by atoms with Gasteiger partial charge in [0.05, 0.1) is 5.52 Å². The zero-order chi connectivity index (χ0) is 12.9. The Morgan fingerprint density at radius 3 is 2.89 bits per heavy atom. The van der Waals surface area contributed by atoms with Crippen LogP contribution in [-0.4, -0.2) is 30.0 Å². The molecular weight excluding hydrogens is 295 g/mol. The molecule has 0 spiro atoms. The average molecular weight is 311 g/mol. The average Bonchev–Trinajstić information content (AvgIpc) is 2.73. The Morgan fingerprint density at radius 1 is 1.39 bits per heavy atom. The van der Waals surface area contributed by atoms with Gasteiger partial charge >= 0.3 is 0 Å². The monoisotopic (exact) mass is 310 g/mol. The number of aromatic amines is 1. The SMILES string of the molecule is CN(C)C1CCc2[nH]c3c(Br)ccc(F)c3c2C1. The van der Waals surface area contributed by atoms with Crippen molar-refractivity contribution < 1.29 is 4.39 Å². The van der Waals surface area contributed by atoms with Crippen LogP contribution >= 0.6 is 15.9 Å². The first-order valence-electron chi connectivity index (χ1n) is 6.21. The fourth-order valence-electron chi connectivity index (χ4n) is 2.87. The Bertz CT molecular complexity index is 603. The zero-order valence-electron chi connectivity index (χ0n) is 10.6. The second kappa shape index (κ2) is 4.35. The first kappa shape index (κ1) is 12.2. The third kappa shape index (κ3) is 1.79. The van der Waals surface area contributed by atoms with Crippen molar-refractivity contribution in [2.24, 2.45) is 0 Å². The maximum absolute atomic E-state index is 14.1.